The molecule has 0 saturated heterocycles. The normalized spacial score (nSPS) is 18.6. The molecule has 0 aliphatic heterocycles. The average Bonchev–Trinajstić information content (AvgIpc) is 2.74. The number of aromatic nitrogens is 1. The van der Waals surface area contributed by atoms with Crippen LogP contribution < -0.4 is 10.9 Å². The van der Waals surface area contributed by atoms with Crippen molar-refractivity contribution in [2.24, 2.45) is 0 Å². The van der Waals surface area contributed by atoms with Gasteiger partial charge in [0.1, 0.15) is 11.1 Å². The molecule has 1 aromatic rings. The summed E-state index contributed by atoms with van der Waals surface area (Å²) >= 11 is 0. The number of unbranched alkanes of at least 4 members (excludes halogenated alkanes) is 1. The van der Waals surface area contributed by atoms with Crippen LogP contribution in [0.3, 0.4) is 0 Å². The number of rotatable bonds is 6. The Labute approximate surface area is 179 Å². The summed E-state index contributed by atoms with van der Waals surface area (Å²) in [5, 5.41) is 2.93. The highest BCUT2D eigenvalue weighted by Crippen LogP contribution is 2.30. The highest BCUT2D eigenvalue weighted by molar-refractivity contribution is 5.98. The number of fused-ring (bicyclic) bond motifs is 1. The van der Waals surface area contributed by atoms with Crippen molar-refractivity contribution in [2.45, 2.75) is 102 Å². The summed E-state index contributed by atoms with van der Waals surface area (Å²) in [6.07, 6.45) is 12.1. The van der Waals surface area contributed by atoms with Crippen molar-refractivity contribution < 1.29 is 14.3 Å². The first-order chi connectivity index (χ1) is 14.5. The molecular weight excluding hydrogens is 380 g/mol. The molecule has 3 rings (SSSR count). The van der Waals surface area contributed by atoms with E-state index in [2.05, 4.69) is 12.2 Å². The number of amides is 1. The van der Waals surface area contributed by atoms with Crippen LogP contribution in [0.25, 0.3) is 0 Å². The summed E-state index contributed by atoms with van der Waals surface area (Å²) in [6.45, 7) is 2.75. The Balaban J connectivity index is 1.99. The molecular formula is C24H36N2O4. The van der Waals surface area contributed by atoms with E-state index in [0.29, 0.717) is 19.4 Å². The van der Waals surface area contributed by atoms with Gasteiger partial charge in [0, 0.05) is 12.2 Å². The standard InChI is InChI=1S/C24H36N2O4/c1-3-4-16-26-20-13-9-6-5-8-12-18(20)17-19(22(26)28)21(27)25-24(23(29)30-2)14-10-7-11-15-24/h17H,3-16H2,1-2H3,(H,25,27). The minimum absolute atomic E-state index is 0.166. The van der Waals surface area contributed by atoms with E-state index in [1.165, 1.54) is 20.0 Å². The molecule has 166 valence electrons. The van der Waals surface area contributed by atoms with Crippen molar-refractivity contribution in [3.8, 4) is 0 Å². The number of ether oxygens (including phenoxy) is 1. The number of hydrogen-bond acceptors (Lipinski definition) is 4. The molecule has 1 aromatic heterocycles. The Hall–Kier alpha value is -2.11. The van der Waals surface area contributed by atoms with E-state index in [1.807, 2.05) is 4.57 Å². The second-order valence-corrected chi connectivity index (χ2v) is 8.84. The van der Waals surface area contributed by atoms with Crippen LogP contribution in [0.4, 0.5) is 0 Å². The second-order valence-electron chi connectivity index (χ2n) is 8.84. The van der Waals surface area contributed by atoms with Crippen molar-refractivity contribution in [1.29, 1.82) is 0 Å². The highest BCUT2D eigenvalue weighted by Gasteiger charge is 2.42. The number of carbonyl (C=O) groups is 2. The van der Waals surface area contributed by atoms with E-state index in [9.17, 15) is 14.4 Å². The van der Waals surface area contributed by atoms with Crippen molar-refractivity contribution in [3.05, 3.63) is 33.2 Å². The lowest BCUT2D eigenvalue weighted by Gasteiger charge is -2.35. The fourth-order valence-corrected chi connectivity index (χ4v) is 4.96. The van der Waals surface area contributed by atoms with Crippen LogP contribution in [0.15, 0.2) is 10.9 Å². The Morgan fingerprint density at radius 3 is 2.40 bits per heavy atom. The molecule has 1 saturated carbocycles. The molecule has 1 amide bonds. The van der Waals surface area contributed by atoms with Crippen LogP contribution in [0.1, 0.15) is 99.2 Å². The molecule has 1 fully saturated rings. The third-order valence-corrected chi connectivity index (χ3v) is 6.72. The fourth-order valence-electron chi connectivity index (χ4n) is 4.96. The van der Waals surface area contributed by atoms with Gasteiger partial charge in [0.05, 0.1) is 7.11 Å². The predicted molar refractivity (Wildman–Crippen MR) is 117 cm³/mol. The number of carbonyl (C=O) groups excluding carboxylic acids is 2. The lowest BCUT2D eigenvalue weighted by Crippen LogP contribution is -2.57. The third-order valence-electron chi connectivity index (χ3n) is 6.72. The van der Waals surface area contributed by atoms with Gasteiger partial charge in [-0.05, 0) is 56.6 Å². The van der Waals surface area contributed by atoms with Crippen LogP contribution in [0.2, 0.25) is 0 Å². The van der Waals surface area contributed by atoms with Crippen LogP contribution in [0.5, 0.6) is 0 Å². The summed E-state index contributed by atoms with van der Waals surface area (Å²) < 4.78 is 6.86. The average molecular weight is 417 g/mol. The molecule has 0 unspecified atom stereocenters. The zero-order chi connectivity index (χ0) is 21.6. The lowest BCUT2D eigenvalue weighted by atomic mass is 9.81. The predicted octanol–water partition coefficient (Wildman–Crippen LogP) is 3.91. The fraction of sp³-hybridized carbons (Fsp3) is 0.708. The quantitative estimate of drug-likeness (QED) is 0.713. The Morgan fingerprint density at radius 1 is 1.07 bits per heavy atom. The lowest BCUT2D eigenvalue weighted by molar-refractivity contribution is -0.149. The topological polar surface area (TPSA) is 77.4 Å². The van der Waals surface area contributed by atoms with Gasteiger partial charge in [-0.15, -0.1) is 0 Å². The molecule has 0 bridgehead atoms. The molecule has 30 heavy (non-hydrogen) atoms. The molecule has 0 atom stereocenters. The van der Waals surface area contributed by atoms with Crippen molar-refractivity contribution in [2.75, 3.05) is 7.11 Å². The number of nitrogens with zero attached hydrogens (tertiary/aromatic N) is 1. The summed E-state index contributed by atoms with van der Waals surface area (Å²) in [5.41, 5.74) is 1.14. The second kappa shape index (κ2) is 10.3. The zero-order valence-electron chi connectivity index (χ0n) is 18.6. The summed E-state index contributed by atoms with van der Waals surface area (Å²) in [7, 11) is 1.36. The largest absolute Gasteiger partial charge is 0.467 e. The summed E-state index contributed by atoms with van der Waals surface area (Å²) in [5.74, 6) is -0.851. The first kappa shape index (κ1) is 22.6. The number of nitrogens with one attached hydrogen (secondary N) is 1. The monoisotopic (exact) mass is 416 g/mol. The van der Waals surface area contributed by atoms with Crippen LogP contribution >= 0.6 is 0 Å². The Morgan fingerprint density at radius 2 is 1.73 bits per heavy atom. The van der Waals surface area contributed by atoms with E-state index in [4.69, 9.17) is 4.74 Å². The molecule has 0 spiro atoms. The van der Waals surface area contributed by atoms with Gasteiger partial charge in [-0.2, -0.15) is 0 Å². The Kier molecular flexibility index (Phi) is 7.73. The van der Waals surface area contributed by atoms with E-state index < -0.39 is 17.4 Å². The van der Waals surface area contributed by atoms with Gasteiger partial charge in [0.2, 0.25) is 0 Å². The first-order valence-electron chi connectivity index (χ1n) is 11.7. The van der Waals surface area contributed by atoms with Gasteiger partial charge in [-0.25, -0.2) is 4.79 Å². The van der Waals surface area contributed by atoms with Crippen molar-refractivity contribution in [3.63, 3.8) is 0 Å². The molecule has 1 N–H and O–H groups in total. The minimum Gasteiger partial charge on any atom is -0.467 e. The molecule has 6 nitrogen and oxygen atoms in total. The number of aryl methyl sites for hydroxylation is 1. The smallest absolute Gasteiger partial charge is 0.331 e. The number of esters is 1. The molecule has 1 heterocycles. The molecule has 0 aromatic carbocycles. The van der Waals surface area contributed by atoms with Crippen LogP contribution in [-0.4, -0.2) is 29.1 Å². The van der Waals surface area contributed by atoms with E-state index >= 15 is 0 Å². The van der Waals surface area contributed by atoms with Gasteiger partial charge in [-0.1, -0.05) is 45.4 Å². The van der Waals surface area contributed by atoms with E-state index in [1.54, 1.807) is 6.07 Å². The first-order valence-corrected chi connectivity index (χ1v) is 11.7. The van der Waals surface area contributed by atoms with Crippen LogP contribution in [0, 0.1) is 0 Å². The van der Waals surface area contributed by atoms with Gasteiger partial charge in [-0.3, -0.25) is 9.59 Å². The summed E-state index contributed by atoms with van der Waals surface area (Å²) in [6, 6.07) is 1.80. The van der Waals surface area contributed by atoms with Crippen LogP contribution in [-0.2, 0) is 28.9 Å². The van der Waals surface area contributed by atoms with E-state index in [-0.39, 0.29) is 11.1 Å². The van der Waals surface area contributed by atoms with Gasteiger partial charge < -0.3 is 14.6 Å². The number of hydrogen-bond donors (Lipinski definition) is 1. The molecule has 2 aliphatic rings. The molecule has 2 aliphatic carbocycles. The SMILES string of the molecule is CCCCn1c2c(cc(C(=O)NC3(C(=O)OC)CCCCC3)c1=O)CCCCCC2. The zero-order valence-corrected chi connectivity index (χ0v) is 18.6. The maximum atomic E-state index is 13.4. The maximum Gasteiger partial charge on any atom is 0.331 e. The van der Waals surface area contributed by atoms with Crippen molar-refractivity contribution in [1.82, 2.24) is 9.88 Å². The Bertz CT molecular complexity index is 821. The molecule has 0 radical (unpaired) electrons. The molecule has 6 heteroatoms. The third kappa shape index (κ3) is 4.79. The number of pyridine rings is 1. The summed E-state index contributed by atoms with van der Waals surface area (Å²) in [4.78, 5) is 39.2. The van der Waals surface area contributed by atoms with Gasteiger partial charge in [0.15, 0.2) is 0 Å². The number of methoxy groups -OCH3 is 1. The van der Waals surface area contributed by atoms with E-state index in [0.717, 1.165) is 69.0 Å². The van der Waals surface area contributed by atoms with Gasteiger partial charge >= 0.3 is 5.97 Å². The maximum absolute atomic E-state index is 13.4. The van der Waals surface area contributed by atoms with Crippen molar-refractivity contribution >= 4 is 11.9 Å². The highest BCUT2D eigenvalue weighted by atomic mass is 16.5. The van der Waals surface area contributed by atoms with Gasteiger partial charge in [0.25, 0.3) is 11.5 Å². The minimum atomic E-state index is -1.02.